The van der Waals surface area contributed by atoms with Crippen molar-refractivity contribution in [3.63, 3.8) is 0 Å². The lowest BCUT2D eigenvalue weighted by Crippen LogP contribution is -2.34. The molecule has 0 saturated carbocycles. The van der Waals surface area contributed by atoms with Crippen LogP contribution in [0.1, 0.15) is 6.23 Å². The van der Waals surface area contributed by atoms with E-state index in [0.717, 1.165) is 0 Å². The van der Waals surface area contributed by atoms with Crippen molar-refractivity contribution in [1.29, 1.82) is 0 Å². The molecule has 1 saturated heterocycles. The summed E-state index contributed by atoms with van der Waals surface area (Å²) in [5, 5.41) is 29.2. The van der Waals surface area contributed by atoms with Gasteiger partial charge in [0.15, 0.2) is 17.7 Å². The molecule has 4 atom stereocenters. The Balaban J connectivity index is 1.87. The van der Waals surface area contributed by atoms with E-state index in [1.807, 2.05) is 0 Å². The van der Waals surface area contributed by atoms with E-state index in [0.29, 0.717) is 11.2 Å². The van der Waals surface area contributed by atoms with E-state index in [9.17, 15) is 20.3 Å². The summed E-state index contributed by atoms with van der Waals surface area (Å²) in [4.78, 5) is 26.2. The van der Waals surface area contributed by atoms with Crippen molar-refractivity contribution in [2.24, 2.45) is 0 Å². The Labute approximate surface area is 122 Å². The zero-order valence-corrected chi connectivity index (χ0v) is 11.0. The number of nitrogen functional groups attached to an aromatic ring is 1. The Morgan fingerprint density at radius 3 is 2.91 bits per heavy atom. The van der Waals surface area contributed by atoms with Crippen LogP contribution in [0.5, 0.6) is 0 Å². The highest BCUT2D eigenvalue weighted by Gasteiger charge is 2.44. The topological polar surface area (TPSA) is 172 Å². The first-order chi connectivity index (χ1) is 10.5. The third-order valence-corrected chi connectivity index (χ3v) is 3.34. The molecule has 2 aromatic rings. The van der Waals surface area contributed by atoms with Gasteiger partial charge in [-0.15, -0.1) is 10.1 Å². The number of ether oxygens (including phenoxy) is 1. The Bertz CT molecular complexity index is 706. The second kappa shape index (κ2) is 5.32. The van der Waals surface area contributed by atoms with Gasteiger partial charge in [0, 0.05) is 0 Å². The average molecular weight is 312 g/mol. The van der Waals surface area contributed by atoms with Gasteiger partial charge >= 0.3 is 0 Å². The lowest BCUT2D eigenvalue weighted by atomic mass is 10.1. The van der Waals surface area contributed by atoms with Crippen LogP contribution < -0.4 is 5.73 Å². The zero-order valence-electron chi connectivity index (χ0n) is 11.0. The number of nitrogens with zero attached hydrogens (tertiary/aromatic N) is 5. The summed E-state index contributed by atoms with van der Waals surface area (Å²) >= 11 is 0. The predicted molar refractivity (Wildman–Crippen MR) is 68.6 cm³/mol. The molecule has 0 spiro atoms. The van der Waals surface area contributed by atoms with Crippen LogP contribution in [0, 0.1) is 10.1 Å². The maximum atomic E-state index is 10.2. The molecule has 12 heteroatoms. The van der Waals surface area contributed by atoms with Gasteiger partial charge in [-0.3, -0.25) is 4.57 Å². The molecule has 0 radical (unpaired) electrons. The van der Waals surface area contributed by atoms with Crippen molar-refractivity contribution in [2.75, 3.05) is 12.3 Å². The predicted octanol–water partition coefficient (Wildman–Crippen LogP) is -1.76. The minimum atomic E-state index is -1.36. The molecule has 12 nitrogen and oxygen atoms in total. The third kappa shape index (κ3) is 2.28. The Morgan fingerprint density at radius 2 is 2.18 bits per heavy atom. The van der Waals surface area contributed by atoms with Crippen LogP contribution in [0.2, 0.25) is 0 Å². The number of aromatic nitrogens is 4. The number of aliphatic hydroxyl groups is 2. The van der Waals surface area contributed by atoms with Crippen LogP contribution in [-0.2, 0) is 9.57 Å². The summed E-state index contributed by atoms with van der Waals surface area (Å²) in [6, 6.07) is 0. The molecular formula is C10H12N6O6. The summed E-state index contributed by atoms with van der Waals surface area (Å²) in [5.41, 5.74) is 6.29. The minimum absolute atomic E-state index is 0.157. The van der Waals surface area contributed by atoms with Gasteiger partial charge in [-0.2, -0.15) is 0 Å². The first-order valence-corrected chi connectivity index (χ1v) is 6.21. The molecule has 3 rings (SSSR count). The summed E-state index contributed by atoms with van der Waals surface area (Å²) in [6.45, 7) is -0.508. The van der Waals surface area contributed by atoms with E-state index in [-0.39, 0.29) is 5.82 Å². The van der Waals surface area contributed by atoms with Gasteiger partial charge < -0.3 is 25.5 Å². The number of aliphatic hydroxyl groups excluding tert-OH is 2. The number of rotatable bonds is 4. The Hall–Kier alpha value is -2.57. The molecule has 0 amide bonds. The largest absolute Gasteiger partial charge is 0.387 e. The number of fused-ring (bicyclic) bond motifs is 1. The highest BCUT2D eigenvalue weighted by molar-refractivity contribution is 5.81. The standard InChI is InChI=1S/C10H12N6O6/c11-8-5-9(13-2-12-8)15(3-14-5)10-7(18)6(17)4(22-10)1-21-16(19)20/h2-4,6-7,10,17-18H,1H2,(H2,11,12,13)/t4-,6-,7-,10?/m1/s1. The summed E-state index contributed by atoms with van der Waals surface area (Å²) in [5.74, 6) is 0.157. The molecule has 22 heavy (non-hydrogen) atoms. The van der Waals surface area contributed by atoms with Crippen LogP contribution in [0.25, 0.3) is 11.2 Å². The van der Waals surface area contributed by atoms with Gasteiger partial charge in [-0.25, -0.2) is 15.0 Å². The highest BCUT2D eigenvalue weighted by atomic mass is 17.0. The summed E-state index contributed by atoms with van der Waals surface area (Å²) in [7, 11) is 0. The molecule has 3 heterocycles. The second-order valence-corrected chi connectivity index (χ2v) is 4.65. The SMILES string of the molecule is Nc1ncnc2c1ncn2C1O[C@H](CO[N+](=O)[O-])[C@@H](O)[C@H]1O. The van der Waals surface area contributed by atoms with E-state index >= 15 is 0 Å². The van der Waals surface area contributed by atoms with E-state index < -0.39 is 36.2 Å². The first kappa shape index (κ1) is 14.4. The monoisotopic (exact) mass is 312 g/mol. The van der Waals surface area contributed by atoms with Crippen molar-refractivity contribution >= 4 is 17.0 Å². The third-order valence-electron chi connectivity index (χ3n) is 3.34. The number of nitrogens with two attached hydrogens (primary N) is 1. The number of hydrogen-bond acceptors (Lipinski definition) is 10. The molecule has 0 bridgehead atoms. The van der Waals surface area contributed by atoms with Crippen molar-refractivity contribution < 1.29 is 24.9 Å². The van der Waals surface area contributed by atoms with E-state index in [1.54, 1.807) is 0 Å². The lowest BCUT2D eigenvalue weighted by Gasteiger charge is -2.16. The second-order valence-electron chi connectivity index (χ2n) is 4.65. The molecule has 118 valence electrons. The maximum Gasteiger partial charge on any atom is 0.294 e. The quantitative estimate of drug-likeness (QED) is 0.433. The van der Waals surface area contributed by atoms with Crippen LogP contribution in [-0.4, -0.2) is 59.7 Å². The van der Waals surface area contributed by atoms with Gasteiger partial charge in [0.2, 0.25) is 0 Å². The van der Waals surface area contributed by atoms with Crippen LogP contribution >= 0.6 is 0 Å². The van der Waals surface area contributed by atoms with E-state index in [2.05, 4.69) is 19.8 Å². The van der Waals surface area contributed by atoms with E-state index in [1.165, 1.54) is 17.2 Å². The van der Waals surface area contributed by atoms with E-state index in [4.69, 9.17) is 10.5 Å². The molecule has 1 unspecified atom stereocenters. The molecule has 1 fully saturated rings. The molecular weight excluding hydrogens is 300 g/mol. The lowest BCUT2D eigenvalue weighted by molar-refractivity contribution is -0.759. The first-order valence-electron chi connectivity index (χ1n) is 6.21. The molecule has 4 N–H and O–H groups in total. The van der Waals surface area contributed by atoms with Crippen molar-refractivity contribution in [3.05, 3.63) is 22.8 Å². The zero-order chi connectivity index (χ0) is 15.9. The normalized spacial score (nSPS) is 28.1. The van der Waals surface area contributed by atoms with Gasteiger partial charge in [0.05, 0.1) is 6.33 Å². The number of hydrogen-bond donors (Lipinski definition) is 3. The molecule has 0 aromatic carbocycles. The summed E-state index contributed by atoms with van der Waals surface area (Å²) < 4.78 is 6.79. The molecule has 1 aliphatic heterocycles. The van der Waals surface area contributed by atoms with Crippen LogP contribution in [0.15, 0.2) is 12.7 Å². The van der Waals surface area contributed by atoms with Crippen molar-refractivity contribution in [3.8, 4) is 0 Å². The highest BCUT2D eigenvalue weighted by Crippen LogP contribution is 2.31. The Morgan fingerprint density at radius 1 is 1.41 bits per heavy atom. The fourth-order valence-corrected chi connectivity index (χ4v) is 2.29. The molecule has 1 aliphatic rings. The van der Waals surface area contributed by atoms with Crippen LogP contribution in [0.3, 0.4) is 0 Å². The van der Waals surface area contributed by atoms with Gasteiger partial charge in [0.1, 0.15) is 36.8 Å². The smallest absolute Gasteiger partial charge is 0.294 e. The van der Waals surface area contributed by atoms with Gasteiger partial charge in [-0.1, -0.05) is 0 Å². The van der Waals surface area contributed by atoms with Gasteiger partial charge in [-0.05, 0) is 0 Å². The fourth-order valence-electron chi connectivity index (χ4n) is 2.29. The van der Waals surface area contributed by atoms with Crippen molar-refractivity contribution in [1.82, 2.24) is 19.5 Å². The van der Waals surface area contributed by atoms with Crippen molar-refractivity contribution in [2.45, 2.75) is 24.5 Å². The van der Waals surface area contributed by atoms with Gasteiger partial charge in [0.25, 0.3) is 5.09 Å². The molecule has 0 aliphatic carbocycles. The average Bonchev–Trinajstić information content (AvgIpc) is 3.01. The maximum absolute atomic E-state index is 10.2. The number of anilines is 1. The van der Waals surface area contributed by atoms with Crippen LogP contribution in [0.4, 0.5) is 5.82 Å². The Kier molecular flexibility index (Phi) is 3.48. The molecule has 2 aromatic heterocycles. The summed E-state index contributed by atoms with van der Waals surface area (Å²) in [6.07, 6.45) is -2.25. The fraction of sp³-hybridized carbons (Fsp3) is 0.500. The minimum Gasteiger partial charge on any atom is -0.387 e. The number of imidazole rings is 1.